The van der Waals surface area contributed by atoms with E-state index in [1.54, 1.807) is 35.4 Å². The molecule has 0 saturated heterocycles. The summed E-state index contributed by atoms with van der Waals surface area (Å²) in [5, 5.41) is 7.32. The highest BCUT2D eigenvalue weighted by molar-refractivity contribution is 6.08. The Morgan fingerprint density at radius 1 is 0.909 bits per heavy atom. The van der Waals surface area contributed by atoms with Gasteiger partial charge in [0, 0.05) is 28.7 Å². The minimum atomic E-state index is -0.165. The van der Waals surface area contributed by atoms with E-state index in [-0.39, 0.29) is 11.8 Å². The third-order valence-corrected chi connectivity index (χ3v) is 5.99. The van der Waals surface area contributed by atoms with Crippen molar-refractivity contribution in [1.82, 2.24) is 9.78 Å². The molecule has 33 heavy (non-hydrogen) atoms. The summed E-state index contributed by atoms with van der Waals surface area (Å²) >= 11 is 0. The zero-order valence-corrected chi connectivity index (χ0v) is 18.6. The molecule has 1 aliphatic heterocycles. The first-order chi connectivity index (χ1) is 16.0. The molecule has 3 aromatic carbocycles. The topological polar surface area (TPSA) is 67.2 Å². The number of anilines is 2. The van der Waals surface area contributed by atoms with Crippen LogP contribution >= 0.6 is 0 Å². The number of benzene rings is 3. The van der Waals surface area contributed by atoms with Gasteiger partial charge < -0.3 is 10.2 Å². The number of para-hydroxylation sites is 1. The predicted molar refractivity (Wildman–Crippen MR) is 129 cm³/mol. The standard InChI is InChI=1S/C27H24N4O2/c1-18-7-12-24(19(2)15-18)26(32)29-22-10-8-20(9-11-22)27(33)30-17-23-13-14-28-31(23)16-21-5-3-4-6-25(21)30/h3-15H,16-17H2,1-2H3,(H,29,32). The molecule has 5 rings (SSSR count). The normalized spacial score (nSPS) is 12.5. The van der Waals surface area contributed by atoms with Crippen LogP contribution in [-0.4, -0.2) is 21.6 Å². The lowest BCUT2D eigenvalue weighted by Crippen LogP contribution is -2.30. The lowest BCUT2D eigenvalue weighted by Gasteiger charge is -2.22. The Balaban J connectivity index is 1.38. The van der Waals surface area contributed by atoms with Crippen molar-refractivity contribution in [2.45, 2.75) is 26.9 Å². The van der Waals surface area contributed by atoms with E-state index in [0.29, 0.717) is 29.9 Å². The average Bonchev–Trinajstić information content (AvgIpc) is 3.18. The molecule has 1 aromatic heterocycles. The number of fused-ring (bicyclic) bond motifs is 2. The maximum absolute atomic E-state index is 13.5. The van der Waals surface area contributed by atoms with Crippen LogP contribution < -0.4 is 10.2 Å². The Morgan fingerprint density at radius 3 is 2.48 bits per heavy atom. The second-order valence-electron chi connectivity index (χ2n) is 8.35. The van der Waals surface area contributed by atoms with Gasteiger partial charge >= 0.3 is 0 Å². The molecule has 1 aliphatic rings. The quantitative estimate of drug-likeness (QED) is 0.494. The smallest absolute Gasteiger partial charge is 0.258 e. The summed E-state index contributed by atoms with van der Waals surface area (Å²) in [4.78, 5) is 28.0. The van der Waals surface area contributed by atoms with Crippen LogP contribution in [0.5, 0.6) is 0 Å². The van der Waals surface area contributed by atoms with Crippen molar-refractivity contribution in [3.8, 4) is 0 Å². The molecule has 0 atom stereocenters. The number of carbonyl (C=O) groups excluding carboxylic acids is 2. The predicted octanol–water partition coefficient (Wildman–Crippen LogP) is 4.96. The van der Waals surface area contributed by atoms with E-state index in [4.69, 9.17) is 0 Å². The molecule has 1 N–H and O–H groups in total. The van der Waals surface area contributed by atoms with E-state index in [9.17, 15) is 9.59 Å². The molecule has 164 valence electrons. The summed E-state index contributed by atoms with van der Waals surface area (Å²) in [7, 11) is 0. The maximum atomic E-state index is 13.5. The van der Waals surface area contributed by atoms with Gasteiger partial charge in [-0.3, -0.25) is 14.3 Å². The molecule has 0 bridgehead atoms. The van der Waals surface area contributed by atoms with Crippen molar-refractivity contribution in [3.63, 3.8) is 0 Å². The summed E-state index contributed by atoms with van der Waals surface area (Å²) in [5.41, 5.74) is 6.80. The third kappa shape index (κ3) is 4.03. The van der Waals surface area contributed by atoms with Gasteiger partial charge in [0.25, 0.3) is 11.8 Å². The highest BCUT2D eigenvalue weighted by Gasteiger charge is 2.25. The van der Waals surface area contributed by atoms with E-state index in [1.807, 2.05) is 67.1 Å². The average molecular weight is 437 g/mol. The number of amides is 2. The van der Waals surface area contributed by atoms with Crippen molar-refractivity contribution in [2.75, 3.05) is 10.2 Å². The lowest BCUT2D eigenvalue weighted by molar-refractivity contribution is 0.0983. The number of rotatable bonds is 3. The minimum Gasteiger partial charge on any atom is -0.322 e. The van der Waals surface area contributed by atoms with Crippen LogP contribution in [0.25, 0.3) is 0 Å². The van der Waals surface area contributed by atoms with Crippen LogP contribution in [0.2, 0.25) is 0 Å². The fourth-order valence-corrected chi connectivity index (χ4v) is 4.25. The molecule has 0 fully saturated rings. The molecule has 0 saturated carbocycles. The fourth-order valence-electron chi connectivity index (χ4n) is 4.25. The first kappa shape index (κ1) is 20.7. The first-order valence-electron chi connectivity index (χ1n) is 10.9. The Labute approximate surface area is 192 Å². The fraction of sp³-hybridized carbons (Fsp3) is 0.148. The van der Waals surface area contributed by atoms with Crippen LogP contribution in [0.1, 0.15) is 43.1 Å². The van der Waals surface area contributed by atoms with Gasteiger partial charge in [-0.2, -0.15) is 5.10 Å². The van der Waals surface area contributed by atoms with Gasteiger partial charge in [0.1, 0.15) is 0 Å². The molecular formula is C27H24N4O2. The molecule has 6 heteroatoms. The van der Waals surface area contributed by atoms with Crippen LogP contribution in [0.15, 0.2) is 79.0 Å². The van der Waals surface area contributed by atoms with E-state index >= 15 is 0 Å². The number of carbonyl (C=O) groups is 2. The van der Waals surface area contributed by atoms with Crippen molar-refractivity contribution < 1.29 is 9.59 Å². The molecule has 0 unspecified atom stereocenters. The van der Waals surface area contributed by atoms with Gasteiger partial charge in [0.15, 0.2) is 0 Å². The number of nitrogens with one attached hydrogen (secondary N) is 1. The summed E-state index contributed by atoms with van der Waals surface area (Å²) < 4.78 is 1.93. The molecule has 2 amide bonds. The first-order valence-corrected chi connectivity index (χ1v) is 10.9. The SMILES string of the molecule is Cc1ccc(C(=O)Nc2ccc(C(=O)N3Cc4ccnn4Cc4ccccc43)cc2)c(C)c1. The second-order valence-corrected chi connectivity index (χ2v) is 8.35. The van der Waals surface area contributed by atoms with E-state index < -0.39 is 0 Å². The monoisotopic (exact) mass is 436 g/mol. The summed E-state index contributed by atoms with van der Waals surface area (Å²) in [5.74, 6) is -0.259. The zero-order chi connectivity index (χ0) is 22.9. The number of aryl methyl sites for hydroxylation is 2. The Morgan fingerprint density at radius 2 is 1.70 bits per heavy atom. The van der Waals surface area contributed by atoms with Crippen molar-refractivity contribution >= 4 is 23.2 Å². The molecule has 0 aliphatic carbocycles. The van der Waals surface area contributed by atoms with Crippen molar-refractivity contribution in [2.24, 2.45) is 0 Å². The number of nitrogens with zero attached hydrogens (tertiary/aromatic N) is 3. The van der Waals surface area contributed by atoms with Gasteiger partial charge in [0.05, 0.1) is 18.8 Å². The van der Waals surface area contributed by atoms with Crippen molar-refractivity contribution in [3.05, 3.63) is 113 Å². The van der Waals surface area contributed by atoms with Gasteiger partial charge in [-0.1, -0.05) is 35.9 Å². The van der Waals surface area contributed by atoms with Crippen LogP contribution in [-0.2, 0) is 13.1 Å². The zero-order valence-electron chi connectivity index (χ0n) is 18.6. The van der Waals surface area contributed by atoms with Crippen LogP contribution in [0.4, 0.5) is 11.4 Å². The number of aromatic nitrogens is 2. The summed E-state index contributed by atoms with van der Waals surface area (Å²) in [6, 6.07) is 22.6. The maximum Gasteiger partial charge on any atom is 0.258 e. The summed E-state index contributed by atoms with van der Waals surface area (Å²) in [6.45, 7) is 5.00. The largest absolute Gasteiger partial charge is 0.322 e. The molecule has 0 spiro atoms. The van der Waals surface area contributed by atoms with E-state index in [1.165, 1.54) is 0 Å². The molecular weight excluding hydrogens is 412 g/mol. The minimum absolute atomic E-state index is 0.0932. The lowest BCUT2D eigenvalue weighted by atomic mass is 10.0. The number of hydrogen-bond acceptors (Lipinski definition) is 3. The molecule has 4 aromatic rings. The molecule has 2 heterocycles. The number of hydrogen-bond donors (Lipinski definition) is 1. The third-order valence-electron chi connectivity index (χ3n) is 5.99. The van der Waals surface area contributed by atoms with Crippen molar-refractivity contribution in [1.29, 1.82) is 0 Å². The van der Waals surface area contributed by atoms with Crippen LogP contribution in [0.3, 0.4) is 0 Å². The summed E-state index contributed by atoms with van der Waals surface area (Å²) in [6.07, 6.45) is 1.76. The van der Waals surface area contributed by atoms with Crippen LogP contribution in [0, 0.1) is 13.8 Å². The molecule has 6 nitrogen and oxygen atoms in total. The van der Waals surface area contributed by atoms with E-state index in [0.717, 1.165) is 28.1 Å². The van der Waals surface area contributed by atoms with Gasteiger partial charge in [-0.15, -0.1) is 0 Å². The van der Waals surface area contributed by atoms with Gasteiger partial charge in [-0.05, 0) is 67.4 Å². The highest BCUT2D eigenvalue weighted by atomic mass is 16.2. The molecule has 0 radical (unpaired) electrons. The highest BCUT2D eigenvalue weighted by Crippen LogP contribution is 2.28. The van der Waals surface area contributed by atoms with Gasteiger partial charge in [-0.25, -0.2) is 0 Å². The van der Waals surface area contributed by atoms with Gasteiger partial charge in [0.2, 0.25) is 0 Å². The second kappa shape index (κ2) is 8.39. The Bertz CT molecular complexity index is 1350. The Hall–Kier alpha value is -4.19. The Kier molecular flexibility index (Phi) is 5.26. The van der Waals surface area contributed by atoms with E-state index in [2.05, 4.69) is 10.4 Å².